The van der Waals surface area contributed by atoms with E-state index < -0.39 is 23.8 Å². The molecule has 2 amide bonds. The van der Waals surface area contributed by atoms with Crippen molar-refractivity contribution in [2.45, 2.75) is 18.8 Å². The average molecular weight is 418 g/mol. The Hall–Kier alpha value is -3.49. The van der Waals surface area contributed by atoms with E-state index in [1.165, 1.54) is 12.1 Å². The molecule has 0 aliphatic heterocycles. The number of aromatic nitrogens is 2. The zero-order valence-corrected chi connectivity index (χ0v) is 16.4. The van der Waals surface area contributed by atoms with E-state index in [1.807, 2.05) is 12.1 Å². The second-order valence-electron chi connectivity index (χ2n) is 6.63. The first kappa shape index (κ1) is 21.2. The second kappa shape index (κ2) is 8.89. The highest BCUT2D eigenvalue weighted by Gasteiger charge is 2.30. The number of rotatable bonds is 6. The van der Waals surface area contributed by atoms with Gasteiger partial charge >= 0.3 is 12.2 Å². The molecule has 2 N–H and O–H groups in total. The minimum absolute atomic E-state index is 0.0499. The number of benzene rings is 2. The topological polar surface area (TPSA) is 68.2 Å². The number of amides is 2. The average Bonchev–Trinajstić information content (AvgIpc) is 3.16. The highest BCUT2D eigenvalue weighted by Crippen LogP contribution is 2.29. The van der Waals surface area contributed by atoms with Gasteiger partial charge in [0, 0.05) is 26.0 Å². The van der Waals surface area contributed by atoms with Gasteiger partial charge in [0.2, 0.25) is 0 Å². The maximum absolute atomic E-state index is 12.9. The fourth-order valence-corrected chi connectivity index (χ4v) is 2.97. The van der Waals surface area contributed by atoms with Crippen LogP contribution in [0.3, 0.4) is 0 Å². The summed E-state index contributed by atoms with van der Waals surface area (Å²) in [5, 5.41) is 5.44. The number of methoxy groups -OCH3 is 1. The van der Waals surface area contributed by atoms with E-state index in [2.05, 4.69) is 15.6 Å². The summed E-state index contributed by atoms with van der Waals surface area (Å²) < 4.78 is 45.5. The van der Waals surface area contributed by atoms with Crippen LogP contribution < -0.4 is 15.4 Å². The predicted molar refractivity (Wildman–Crippen MR) is 105 cm³/mol. The molecule has 9 heteroatoms. The van der Waals surface area contributed by atoms with Gasteiger partial charge in [-0.3, -0.25) is 0 Å². The first-order chi connectivity index (χ1) is 14.3. The summed E-state index contributed by atoms with van der Waals surface area (Å²) in [7, 11) is 3.37. The largest absolute Gasteiger partial charge is 0.497 e. The third kappa shape index (κ3) is 5.11. The zero-order valence-electron chi connectivity index (χ0n) is 16.4. The number of urea groups is 1. The molecule has 0 spiro atoms. The van der Waals surface area contributed by atoms with Gasteiger partial charge < -0.3 is 19.9 Å². The molecule has 0 radical (unpaired) electrons. The Bertz CT molecular complexity index is 1000. The molecule has 0 aliphatic rings. The normalized spacial score (nSPS) is 12.3. The summed E-state index contributed by atoms with van der Waals surface area (Å²) in [6, 6.07) is 10.9. The van der Waals surface area contributed by atoms with Crippen molar-refractivity contribution in [1.29, 1.82) is 0 Å². The highest BCUT2D eigenvalue weighted by atomic mass is 19.4. The van der Waals surface area contributed by atoms with Gasteiger partial charge in [-0.15, -0.1) is 0 Å². The van der Waals surface area contributed by atoms with E-state index in [0.717, 1.165) is 17.7 Å². The quantitative estimate of drug-likeness (QED) is 0.635. The predicted octanol–water partition coefficient (Wildman–Crippen LogP) is 4.04. The van der Waals surface area contributed by atoms with Gasteiger partial charge in [0.15, 0.2) is 0 Å². The maximum Gasteiger partial charge on any atom is 0.416 e. The Morgan fingerprint density at radius 2 is 1.93 bits per heavy atom. The number of hydrogen-bond acceptors (Lipinski definition) is 3. The number of carbonyl (C=O) groups excluding carboxylic acids is 1. The first-order valence-corrected chi connectivity index (χ1v) is 9.09. The van der Waals surface area contributed by atoms with Crippen LogP contribution in [0.15, 0.2) is 60.9 Å². The molecule has 0 aliphatic carbocycles. The van der Waals surface area contributed by atoms with E-state index in [1.54, 1.807) is 43.3 Å². The van der Waals surface area contributed by atoms with E-state index in [0.29, 0.717) is 17.1 Å². The molecule has 1 heterocycles. The van der Waals surface area contributed by atoms with Crippen LogP contribution in [0.25, 0.3) is 0 Å². The highest BCUT2D eigenvalue weighted by molar-refractivity contribution is 5.74. The van der Waals surface area contributed by atoms with Crippen LogP contribution >= 0.6 is 0 Å². The molecule has 2 aromatic carbocycles. The van der Waals surface area contributed by atoms with Crippen molar-refractivity contribution in [1.82, 2.24) is 20.2 Å². The Morgan fingerprint density at radius 3 is 2.53 bits per heavy atom. The number of alkyl halides is 3. The van der Waals surface area contributed by atoms with Crippen LogP contribution in [-0.4, -0.2) is 22.7 Å². The minimum atomic E-state index is -4.43. The van der Waals surface area contributed by atoms with Gasteiger partial charge in [-0.05, 0) is 35.4 Å². The zero-order chi connectivity index (χ0) is 21.7. The van der Waals surface area contributed by atoms with Crippen molar-refractivity contribution < 1.29 is 22.7 Å². The van der Waals surface area contributed by atoms with Gasteiger partial charge in [0.05, 0.1) is 12.7 Å². The number of hydrogen-bond donors (Lipinski definition) is 2. The number of nitrogens with one attached hydrogen (secondary N) is 2. The number of nitrogens with zero attached hydrogens (tertiary/aromatic N) is 2. The van der Waals surface area contributed by atoms with Gasteiger partial charge in [-0.2, -0.15) is 13.2 Å². The summed E-state index contributed by atoms with van der Waals surface area (Å²) in [6.45, 7) is -0.0499. The fourth-order valence-electron chi connectivity index (χ4n) is 2.97. The van der Waals surface area contributed by atoms with Crippen molar-refractivity contribution in [3.63, 3.8) is 0 Å². The number of carbonyl (C=O) groups is 1. The summed E-state index contributed by atoms with van der Waals surface area (Å²) >= 11 is 0. The number of imidazole rings is 1. The van der Waals surface area contributed by atoms with Crippen LogP contribution in [0.1, 0.15) is 28.6 Å². The maximum atomic E-state index is 12.9. The molecular weight excluding hydrogens is 397 g/mol. The van der Waals surface area contributed by atoms with Gasteiger partial charge in [-0.25, -0.2) is 9.78 Å². The molecular formula is C21H21F3N4O2. The number of halogens is 3. The van der Waals surface area contributed by atoms with Crippen molar-refractivity contribution in [2.75, 3.05) is 7.11 Å². The summed E-state index contributed by atoms with van der Waals surface area (Å²) in [5.41, 5.74) is 0.364. The third-order valence-electron chi connectivity index (χ3n) is 4.55. The Labute approximate surface area is 171 Å². The minimum Gasteiger partial charge on any atom is -0.497 e. The monoisotopic (exact) mass is 418 g/mol. The third-order valence-corrected chi connectivity index (χ3v) is 4.55. The van der Waals surface area contributed by atoms with E-state index in [-0.39, 0.29) is 6.54 Å². The molecule has 6 nitrogen and oxygen atoms in total. The molecule has 1 aromatic heterocycles. The molecule has 0 fully saturated rings. The molecule has 0 saturated carbocycles. The molecule has 158 valence electrons. The van der Waals surface area contributed by atoms with E-state index >= 15 is 0 Å². The molecule has 1 atom stereocenters. The Morgan fingerprint density at radius 1 is 1.20 bits per heavy atom. The van der Waals surface area contributed by atoms with Crippen molar-refractivity contribution in [2.24, 2.45) is 7.05 Å². The molecule has 3 rings (SSSR count). The van der Waals surface area contributed by atoms with Gasteiger partial charge in [0.25, 0.3) is 0 Å². The SMILES string of the molecule is COc1ccc([C@@H](NC(=O)NCc2cccc(C(F)(F)F)c2)c2nccn2C)cc1. The summed E-state index contributed by atoms with van der Waals surface area (Å²) in [5.74, 6) is 1.28. The molecule has 0 unspecified atom stereocenters. The fraction of sp³-hybridized carbons (Fsp3) is 0.238. The standard InChI is InChI=1S/C21H21F3N4O2/c1-28-11-10-25-19(28)18(15-6-8-17(30-2)9-7-15)27-20(29)26-13-14-4-3-5-16(12-14)21(22,23)24/h3-12,18H,13H2,1-2H3,(H2,26,27,29)/t18-/m1/s1. The van der Waals surface area contributed by atoms with Crippen LogP contribution in [0, 0.1) is 0 Å². The van der Waals surface area contributed by atoms with E-state index in [4.69, 9.17) is 4.74 Å². The van der Waals surface area contributed by atoms with Crippen molar-refractivity contribution in [3.05, 3.63) is 83.4 Å². The van der Waals surface area contributed by atoms with Crippen LogP contribution in [0.4, 0.5) is 18.0 Å². The lowest BCUT2D eigenvalue weighted by Gasteiger charge is -2.20. The molecule has 0 saturated heterocycles. The van der Waals surface area contributed by atoms with Crippen molar-refractivity contribution in [3.8, 4) is 5.75 Å². The summed E-state index contributed by atoms with van der Waals surface area (Å²) in [4.78, 5) is 16.8. The second-order valence-corrected chi connectivity index (χ2v) is 6.63. The van der Waals surface area contributed by atoms with Gasteiger partial charge in [0.1, 0.15) is 17.6 Å². The Balaban J connectivity index is 1.73. The lowest BCUT2D eigenvalue weighted by Crippen LogP contribution is -2.39. The van der Waals surface area contributed by atoms with Crippen LogP contribution in [0.5, 0.6) is 5.75 Å². The molecule has 30 heavy (non-hydrogen) atoms. The molecule has 3 aromatic rings. The van der Waals surface area contributed by atoms with Crippen LogP contribution in [-0.2, 0) is 19.8 Å². The molecule has 0 bridgehead atoms. The Kier molecular flexibility index (Phi) is 6.29. The lowest BCUT2D eigenvalue weighted by atomic mass is 10.1. The number of ether oxygens (including phenoxy) is 1. The van der Waals surface area contributed by atoms with Crippen molar-refractivity contribution >= 4 is 6.03 Å². The van der Waals surface area contributed by atoms with Gasteiger partial charge in [-0.1, -0.05) is 24.3 Å². The first-order valence-electron chi connectivity index (χ1n) is 9.09. The van der Waals surface area contributed by atoms with E-state index in [9.17, 15) is 18.0 Å². The number of aryl methyl sites for hydroxylation is 1. The lowest BCUT2D eigenvalue weighted by molar-refractivity contribution is -0.137. The summed E-state index contributed by atoms with van der Waals surface area (Å²) in [6.07, 6.45) is -1.06. The van der Waals surface area contributed by atoms with Crippen LogP contribution in [0.2, 0.25) is 0 Å². The smallest absolute Gasteiger partial charge is 0.416 e.